The molecule has 0 spiro atoms. The van der Waals surface area contributed by atoms with E-state index in [9.17, 15) is 4.79 Å². The number of thiophene rings is 1. The first kappa shape index (κ1) is 18.8. The molecule has 2 N–H and O–H groups in total. The van der Waals surface area contributed by atoms with E-state index in [0.29, 0.717) is 0 Å². The molecular formula is C18H30N4OS. The molecule has 24 heavy (non-hydrogen) atoms. The van der Waals surface area contributed by atoms with E-state index in [4.69, 9.17) is 0 Å². The molecule has 1 aliphatic rings. The normalized spacial score (nSPS) is 16.8. The summed E-state index contributed by atoms with van der Waals surface area (Å²) in [7, 11) is 0. The molecule has 1 unspecified atom stereocenters. The number of guanidine groups is 1. The predicted molar refractivity (Wildman–Crippen MR) is 102 cm³/mol. The average molecular weight is 351 g/mol. The Morgan fingerprint density at radius 1 is 1.33 bits per heavy atom. The molecule has 1 amide bonds. The molecular weight excluding hydrogens is 320 g/mol. The van der Waals surface area contributed by atoms with E-state index in [0.717, 1.165) is 44.9 Å². The minimum Gasteiger partial charge on any atom is -0.357 e. The number of rotatable bonds is 6. The van der Waals surface area contributed by atoms with Crippen molar-refractivity contribution in [2.24, 2.45) is 4.99 Å². The van der Waals surface area contributed by atoms with Crippen LogP contribution in [-0.4, -0.2) is 49.0 Å². The first-order valence-corrected chi connectivity index (χ1v) is 9.78. The number of hydrogen-bond donors (Lipinski definition) is 2. The van der Waals surface area contributed by atoms with Crippen molar-refractivity contribution in [2.75, 3.05) is 26.2 Å². The zero-order valence-corrected chi connectivity index (χ0v) is 15.9. The Labute approximate surface area is 149 Å². The van der Waals surface area contributed by atoms with Crippen LogP contribution in [-0.2, 0) is 11.2 Å². The van der Waals surface area contributed by atoms with Crippen LogP contribution in [0.1, 0.15) is 42.9 Å². The molecule has 1 aromatic heterocycles. The molecule has 0 aromatic carbocycles. The molecule has 0 bridgehead atoms. The number of carbonyl (C=O) groups is 1. The van der Waals surface area contributed by atoms with E-state index < -0.39 is 0 Å². The van der Waals surface area contributed by atoms with Crippen LogP contribution >= 0.6 is 11.3 Å². The Balaban J connectivity index is 1.85. The summed E-state index contributed by atoms with van der Waals surface area (Å²) in [5.41, 5.74) is 0. The van der Waals surface area contributed by atoms with Crippen LogP contribution in [0.4, 0.5) is 0 Å². The minimum absolute atomic E-state index is 0.133. The zero-order valence-electron chi connectivity index (χ0n) is 15.1. The third-order valence-corrected chi connectivity index (χ3v) is 5.13. The Bertz CT molecular complexity index is 549. The van der Waals surface area contributed by atoms with Crippen molar-refractivity contribution in [3.8, 4) is 0 Å². The van der Waals surface area contributed by atoms with E-state index in [1.165, 1.54) is 16.2 Å². The van der Waals surface area contributed by atoms with Crippen molar-refractivity contribution in [2.45, 2.75) is 52.5 Å². The van der Waals surface area contributed by atoms with E-state index >= 15 is 0 Å². The predicted octanol–water partition coefficient (Wildman–Crippen LogP) is 2.56. The van der Waals surface area contributed by atoms with Crippen LogP contribution in [0.2, 0.25) is 0 Å². The van der Waals surface area contributed by atoms with Gasteiger partial charge in [-0.1, -0.05) is 0 Å². The Morgan fingerprint density at radius 3 is 2.71 bits per heavy atom. The van der Waals surface area contributed by atoms with Crippen LogP contribution < -0.4 is 10.6 Å². The summed E-state index contributed by atoms with van der Waals surface area (Å²) in [5, 5.41) is 6.64. The van der Waals surface area contributed by atoms with Gasteiger partial charge in [-0.25, -0.2) is 4.99 Å². The fraction of sp³-hybridized carbons (Fsp3) is 0.667. The second-order valence-corrected chi connectivity index (χ2v) is 7.77. The van der Waals surface area contributed by atoms with Gasteiger partial charge in [-0.2, -0.15) is 0 Å². The molecule has 1 atom stereocenters. The van der Waals surface area contributed by atoms with Gasteiger partial charge in [0.15, 0.2) is 5.96 Å². The highest BCUT2D eigenvalue weighted by Gasteiger charge is 2.16. The van der Waals surface area contributed by atoms with Crippen LogP contribution in [0.15, 0.2) is 17.1 Å². The molecule has 1 aromatic rings. The molecule has 134 valence electrons. The van der Waals surface area contributed by atoms with Gasteiger partial charge in [0.05, 0.1) is 0 Å². The second kappa shape index (κ2) is 9.67. The maximum atomic E-state index is 12.3. The summed E-state index contributed by atoms with van der Waals surface area (Å²) < 4.78 is 0. The van der Waals surface area contributed by atoms with Crippen LogP contribution in [0.5, 0.6) is 0 Å². The first-order chi connectivity index (χ1) is 11.6. The van der Waals surface area contributed by atoms with Crippen molar-refractivity contribution in [3.63, 3.8) is 0 Å². The van der Waals surface area contributed by atoms with E-state index in [1.54, 1.807) is 0 Å². The second-order valence-electron chi connectivity index (χ2n) is 6.40. The molecule has 0 saturated carbocycles. The fourth-order valence-electron chi connectivity index (χ4n) is 2.89. The van der Waals surface area contributed by atoms with Crippen molar-refractivity contribution in [1.82, 2.24) is 15.5 Å². The van der Waals surface area contributed by atoms with Gasteiger partial charge in [-0.3, -0.25) is 4.79 Å². The van der Waals surface area contributed by atoms with Gasteiger partial charge in [0.2, 0.25) is 5.91 Å². The lowest BCUT2D eigenvalue weighted by molar-refractivity contribution is -0.130. The van der Waals surface area contributed by atoms with Gasteiger partial charge >= 0.3 is 0 Å². The standard InChI is InChI=1S/C18H30N4OS/c1-4-19-18(20-13-17(23)22-10-6-5-7-11-22)21-14(2)12-16-9-8-15(3)24-16/h8-9,14H,4-7,10-13H2,1-3H3,(H2,19,20,21). The summed E-state index contributed by atoms with van der Waals surface area (Å²) in [6.45, 7) is 9.09. The monoisotopic (exact) mass is 350 g/mol. The summed E-state index contributed by atoms with van der Waals surface area (Å²) in [5.74, 6) is 0.858. The van der Waals surface area contributed by atoms with E-state index in [2.05, 4.69) is 41.6 Å². The summed E-state index contributed by atoms with van der Waals surface area (Å²) in [4.78, 5) is 21.4. The van der Waals surface area contributed by atoms with Crippen LogP contribution in [0.3, 0.4) is 0 Å². The molecule has 1 saturated heterocycles. The van der Waals surface area contributed by atoms with Crippen molar-refractivity contribution >= 4 is 23.2 Å². The maximum Gasteiger partial charge on any atom is 0.244 e. The van der Waals surface area contributed by atoms with Crippen LogP contribution in [0, 0.1) is 6.92 Å². The highest BCUT2D eigenvalue weighted by Crippen LogP contribution is 2.16. The molecule has 6 heteroatoms. The number of aliphatic imine (C=N–C) groups is 1. The third-order valence-electron chi connectivity index (χ3n) is 4.11. The number of nitrogens with zero attached hydrogens (tertiary/aromatic N) is 2. The van der Waals surface area contributed by atoms with Gasteiger partial charge in [0, 0.05) is 41.9 Å². The average Bonchev–Trinajstić information content (AvgIpc) is 2.98. The lowest BCUT2D eigenvalue weighted by Gasteiger charge is -2.26. The van der Waals surface area contributed by atoms with Gasteiger partial charge in [0.1, 0.15) is 6.54 Å². The van der Waals surface area contributed by atoms with Crippen molar-refractivity contribution < 1.29 is 4.79 Å². The summed E-state index contributed by atoms with van der Waals surface area (Å²) in [6, 6.07) is 4.61. The molecule has 5 nitrogen and oxygen atoms in total. The highest BCUT2D eigenvalue weighted by molar-refractivity contribution is 7.11. The fourth-order valence-corrected chi connectivity index (χ4v) is 3.91. The zero-order chi connectivity index (χ0) is 17.4. The number of hydrogen-bond acceptors (Lipinski definition) is 3. The summed E-state index contributed by atoms with van der Waals surface area (Å²) in [6.07, 6.45) is 4.43. The van der Waals surface area contributed by atoms with Crippen molar-refractivity contribution in [1.29, 1.82) is 0 Å². The topological polar surface area (TPSA) is 56.7 Å². The lowest BCUT2D eigenvalue weighted by atomic mass is 10.1. The van der Waals surface area contributed by atoms with Gasteiger partial charge in [-0.05, 0) is 52.2 Å². The van der Waals surface area contributed by atoms with Gasteiger partial charge < -0.3 is 15.5 Å². The summed E-state index contributed by atoms with van der Waals surface area (Å²) >= 11 is 1.83. The third kappa shape index (κ3) is 6.15. The molecule has 0 aliphatic carbocycles. The van der Waals surface area contributed by atoms with E-state index in [1.807, 2.05) is 23.2 Å². The minimum atomic E-state index is 0.133. The molecule has 2 rings (SSSR count). The van der Waals surface area contributed by atoms with Gasteiger partial charge in [0.25, 0.3) is 0 Å². The van der Waals surface area contributed by atoms with Gasteiger partial charge in [-0.15, -0.1) is 11.3 Å². The number of likely N-dealkylation sites (tertiary alicyclic amines) is 1. The van der Waals surface area contributed by atoms with E-state index in [-0.39, 0.29) is 18.5 Å². The Morgan fingerprint density at radius 2 is 2.08 bits per heavy atom. The smallest absolute Gasteiger partial charge is 0.244 e. The number of carbonyl (C=O) groups excluding carboxylic acids is 1. The first-order valence-electron chi connectivity index (χ1n) is 8.96. The maximum absolute atomic E-state index is 12.3. The lowest BCUT2D eigenvalue weighted by Crippen LogP contribution is -2.44. The molecule has 2 heterocycles. The Kier molecular flexibility index (Phi) is 7.56. The number of amides is 1. The molecule has 1 fully saturated rings. The molecule has 0 radical (unpaired) electrons. The number of nitrogens with one attached hydrogen (secondary N) is 2. The Hall–Kier alpha value is -1.56. The van der Waals surface area contributed by atoms with Crippen molar-refractivity contribution in [3.05, 3.63) is 21.9 Å². The SMILES string of the molecule is CCNC(=NCC(=O)N1CCCCC1)NC(C)Cc1ccc(C)s1. The largest absolute Gasteiger partial charge is 0.357 e. The molecule has 1 aliphatic heterocycles. The number of piperidine rings is 1. The van der Waals surface area contributed by atoms with Crippen LogP contribution in [0.25, 0.3) is 0 Å². The number of aryl methyl sites for hydroxylation is 1. The quantitative estimate of drug-likeness (QED) is 0.612. The highest BCUT2D eigenvalue weighted by atomic mass is 32.1.